The summed E-state index contributed by atoms with van der Waals surface area (Å²) in [4.78, 5) is 13.9. The van der Waals surface area contributed by atoms with Gasteiger partial charge in [-0.1, -0.05) is 18.2 Å². The van der Waals surface area contributed by atoms with Crippen LogP contribution in [0.4, 0.5) is 17.6 Å². The highest BCUT2D eigenvalue weighted by atomic mass is 35.5. The minimum absolute atomic E-state index is 0.0521. The SMILES string of the molecule is COc1cccc(F)c1C1CC(Cl)C(=O)N1Cc1ccc(OC(F)(F)F)cc1. The van der Waals surface area contributed by atoms with E-state index in [0.29, 0.717) is 11.3 Å². The van der Waals surface area contributed by atoms with Crippen molar-refractivity contribution in [3.8, 4) is 11.5 Å². The highest BCUT2D eigenvalue weighted by Crippen LogP contribution is 2.41. The Morgan fingerprint density at radius 2 is 1.86 bits per heavy atom. The number of benzene rings is 2. The molecule has 150 valence electrons. The number of carbonyl (C=O) groups is 1. The largest absolute Gasteiger partial charge is 0.573 e. The lowest BCUT2D eigenvalue weighted by Gasteiger charge is -2.26. The van der Waals surface area contributed by atoms with Crippen molar-refractivity contribution < 1.29 is 31.8 Å². The summed E-state index contributed by atoms with van der Waals surface area (Å²) in [5, 5.41) is -0.831. The molecule has 3 rings (SSSR count). The summed E-state index contributed by atoms with van der Waals surface area (Å²) in [6, 6.07) is 8.82. The van der Waals surface area contributed by atoms with Gasteiger partial charge in [0.25, 0.3) is 0 Å². The number of rotatable bonds is 5. The van der Waals surface area contributed by atoms with E-state index >= 15 is 0 Å². The van der Waals surface area contributed by atoms with Crippen molar-refractivity contribution in [3.05, 3.63) is 59.4 Å². The van der Waals surface area contributed by atoms with Crippen LogP contribution >= 0.6 is 11.6 Å². The van der Waals surface area contributed by atoms with E-state index in [2.05, 4.69) is 4.74 Å². The second kappa shape index (κ2) is 7.87. The van der Waals surface area contributed by atoms with Crippen molar-refractivity contribution >= 4 is 17.5 Å². The van der Waals surface area contributed by atoms with Crippen LogP contribution in [0.1, 0.15) is 23.6 Å². The van der Waals surface area contributed by atoms with Gasteiger partial charge < -0.3 is 14.4 Å². The van der Waals surface area contributed by atoms with Crippen molar-refractivity contribution in [3.63, 3.8) is 0 Å². The van der Waals surface area contributed by atoms with E-state index in [-0.39, 0.29) is 30.2 Å². The molecule has 2 atom stereocenters. The zero-order valence-corrected chi connectivity index (χ0v) is 15.4. The molecule has 2 aromatic rings. The average molecular weight is 418 g/mol. The first-order valence-corrected chi connectivity index (χ1v) is 8.75. The fourth-order valence-electron chi connectivity index (χ4n) is 3.23. The van der Waals surface area contributed by atoms with Gasteiger partial charge in [-0.05, 0) is 36.2 Å². The van der Waals surface area contributed by atoms with Crippen LogP contribution in [0.2, 0.25) is 0 Å². The minimum atomic E-state index is -4.79. The number of hydrogen-bond donors (Lipinski definition) is 0. The smallest absolute Gasteiger partial charge is 0.496 e. The van der Waals surface area contributed by atoms with Crippen LogP contribution in [-0.2, 0) is 11.3 Å². The molecule has 1 amide bonds. The topological polar surface area (TPSA) is 38.8 Å². The predicted octanol–water partition coefficient (Wildman–Crippen LogP) is 4.81. The maximum absolute atomic E-state index is 14.5. The van der Waals surface area contributed by atoms with Gasteiger partial charge in [-0.15, -0.1) is 24.8 Å². The van der Waals surface area contributed by atoms with Gasteiger partial charge in [0, 0.05) is 6.54 Å². The molecule has 0 spiro atoms. The lowest BCUT2D eigenvalue weighted by molar-refractivity contribution is -0.274. The molecule has 2 aromatic carbocycles. The lowest BCUT2D eigenvalue weighted by atomic mass is 10.0. The first-order valence-electron chi connectivity index (χ1n) is 8.31. The third-order valence-corrected chi connectivity index (χ3v) is 4.80. The van der Waals surface area contributed by atoms with Crippen LogP contribution in [0.25, 0.3) is 0 Å². The molecule has 9 heteroatoms. The van der Waals surface area contributed by atoms with Crippen molar-refractivity contribution in [1.29, 1.82) is 0 Å². The Kier molecular flexibility index (Phi) is 5.69. The number of likely N-dealkylation sites (tertiary alicyclic amines) is 1. The third-order valence-electron chi connectivity index (χ3n) is 4.43. The Balaban J connectivity index is 1.86. The fourth-order valence-corrected chi connectivity index (χ4v) is 3.53. The fraction of sp³-hybridized carbons (Fsp3) is 0.316. The average Bonchev–Trinajstić information content (AvgIpc) is 2.90. The molecule has 0 aromatic heterocycles. The van der Waals surface area contributed by atoms with E-state index in [4.69, 9.17) is 16.3 Å². The minimum Gasteiger partial charge on any atom is -0.496 e. The van der Waals surface area contributed by atoms with Gasteiger partial charge in [0.2, 0.25) is 5.91 Å². The number of alkyl halides is 4. The van der Waals surface area contributed by atoms with Gasteiger partial charge >= 0.3 is 6.36 Å². The molecular weight excluding hydrogens is 402 g/mol. The summed E-state index contributed by atoms with van der Waals surface area (Å²) in [7, 11) is 1.40. The number of amides is 1. The Morgan fingerprint density at radius 3 is 2.46 bits per heavy atom. The number of carbonyl (C=O) groups excluding carboxylic acids is 1. The molecule has 1 fully saturated rings. The van der Waals surface area contributed by atoms with Gasteiger partial charge in [-0.2, -0.15) is 0 Å². The molecule has 1 saturated heterocycles. The van der Waals surface area contributed by atoms with Crippen LogP contribution < -0.4 is 9.47 Å². The van der Waals surface area contributed by atoms with Crippen LogP contribution in [0.5, 0.6) is 11.5 Å². The van der Waals surface area contributed by atoms with Crippen molar-refractivity contribution in [2.45, 2.75) is 30.7 Å². The first kappa shape index (κ1) is 20.3. The quantitative estimate of drug-likeness (QED) is 0.517. The van der Waals surface area contributed by atoms with E-state index in [0.717, 1.165) is 12.1 Å². The molecule has 1 aliphatic heterocycles. The molecule has 2 unspecified atom stereocenters. The number of nitrogens with zero attached hydrogens (tertiary/aromatic N) is 1. The van der Waals surface area contributed by atoms with Gasteiger partial charge in [0.1, 0.15) is 22.7 Å². The summed E-state index contributed by atoms with van der Waals surface area (Å²) < 4.78 is 60.4. The molecule has 0 N–H and O–H groups in total. The van der Waals surface area contributed by atoms with Gasteiger partial charge in [-0.25, -0.2) is 4.39 Å². The molecule has 0 radical (unpaired) electrons. The third kappa shape index (κ3) is 4.32. The van der Waals surface area contributed by atoms with Crippen LogP contribution in [0.15, 0.2) is 42.5 Å². The van der Waals surface area contributed by atoms with Gasteiger partial charge in [0.05, 0.1) is 18.7 Å². The number of methoxy groups -OCH3 is 1. The Labute approximate surface area is 163 Å². The Hall–Kier alpha value is -2.48. The maximum atomic E-state index is 14.5. The van der Waals surface area contributed by atoms with Crippen molar-refractivity contribution in [2.75, 3.05) is 7.11 Å². The maximum Gasteiger partial charge on any atom is 0.573 e. The molecule has 1 aliphatic rings. The van der Waals surface area contributed by atoms with Crippen LogP contribution in [-0.4, -0.2) is 29.7 Å². The van der Waals surface area contributed by atoms with Crippen molar-refractivity contribution in [2.24, 2.45) is 0 Å². The molecule has 1 heterocycles. The van der Waals surface area contributed by atoms with E-state index in [1.165, 1.54) is 36.3 Å². The summed E-state index contributed by atoms with van der Waals surface area (Å²) in [5.74, 6) is -0.983. The molecule has 0 bridgehead atoms. The number of hydrogen-bond acceptors (Lipinski definition) is 3. The summed E-state index contributed by atoms with van der Waals surface area (Å²) in [5.41, 5.74) is 0.771. The van der Waals surface area contributed by atoms with Crippen molar-refractivity contribution in [1.82, 2.24) is 4.90 Å². The summed E-state index contributed by atoms with van der Waals surface area (Å²) in [6.45, 7) is 0.0521. The standard InChI is InChI=1S/C19H16ClF4NO3/c1-27-16-4-2-3-14(21)17(16)15-9-13(20)18(26)25(15)10-11-5-7-12(8-6-11)28-19(22,23)24/h2-8,13,15H,9-10H2,1H3. The Bertz CT molecular complexity index is 857. The Morgan fingerprint density at radius 1 is 1.18 bits per heavy atom. The van der Waals surface area contributed by atoms with Gasteiger partial charge in [0.15, 0.2) is 0 Å². The summed E-state index contributed by atoms with van der Waals surface area (Å²) in [6.07, 6.45) is -4.60. The van der Waals surface area contributed by atoms with E-state index in [1.807, 2.05) is 0 Å². The zero-order valence-electron chi connectivity index (χ0n) is 14.7. The molecule has 28 heavy (non-hydrogen) atoms. The van der Waals surface area contributed by atoms with Crippen LogP contribution in [0.3, 0.4) is 0 Å². The molecular formula is C19H16ClF4NO3. The van der Waals surface area contributed by atoms with E-state index in [1.54, 1.807) is 6.07 Å². The molecule has 0 aliphatic carbocycles. The van der Waals surface area contributed by atoms with E-state index < -0.39 is 23.6 Å². The number of ether oxygens (including phenoxy) is 2. The van der Waals surface area contributed by atoms with Crippen LogP contribution in [0, 0.1) is 5.82 Å². The predicted molar refractivity (Wildman–Crippen MR) is 93.6 cm³/mol. The lowest BCUT2D eigenvalue weighted by Crippen LogP contribution is -2.30. The highest BCUT2D eigenvalue weighted by molar-refractivity contribution is 6.31. The molecule has 0 saturated carbocycles. The summed E-state index contributed by atoms with van der Waals surface area (Å²) >= 11 is 6.11. The monoisotopic (exact) mass is 417 g/mol. The second-order valence-corrected chi connectivity index (χ2v) is 6.76. The van der Waals surface area contributed by atoms with E-state index in [9.17, 15) is 22.4 Å². The second-order valence-electron chi connectivity index (χ2n) is 6.23. The first-order chi connectivity index (χ1) is 13.2. The number of halogens is 5. The van der Waals surface area contributed by atoms with Gasteiger partial charge in [-0.3, -0.25) is 4.79 Å². The zero-order chi connectivity index (χ0) is 20.5. The highest BCUT2D eigenvalue weighted by Gasteiger charge is 2.41. The molecule has 4 nitrogen and oxygen atoms in total. The normalized spacial score (nSPS) is 19.8.